The van der Waals surface area contributed by atoms with Gasteiger partial charge in [-0.2, -0.15) is 0 Å². The third-order valence-electron chi connectivity index (χ3n) is 4.15. The van der Waals surface area contributed by atoms with E-state index in [0.29, 0.717) is 38.8 Å². The zero-order chi connectivity index (χ0) is 17.5. The quantitative estimate of drug-likeness (QED) is 0.574. The molecule has 6 heteroatoms. The number of carbonyl (C=O) groups excluding carboxylic acids is 1. The number of rotatable bonds is 7. The second-order valence-corrected chi connectivity index (χ2v) is 7.38. The Hall–Kier alpha value is -0.850. The molecule has 0 spiro atoms. The molecule has 1 heterocycles. The summed E-state index contributed by atoms with van der Waals surface area (Å²) in [6, 6.07) is 0. The van der Waals surface area contributed by atoms with E-state index in [2.05, 4.69) is 6.92 Å². The van der Waals surface area contributed by atoms with Gasteiger partial charge in [0, 0.05) is 32.7 Å². The van der Waals surface area contributed by atoms with Gasteiger partial charge in [0.15, 0.2) is 0 Å². The molecule has 3 unspecified atom stereocenters. The van der Waals surface area contributed by atoms with Gasteiger partial charge in [-0.15, -0.1) is 0 Å². The third-order valence-corrected chi connectivity index (χ3v) is 4.15. The van der Waals surface area contributed by atoms with E-state index in [1.54, 1.807) is 12.0 Å². The van der Waals surface area contributed by atoms with E-state index in [4.69, 9.17) is 14.2 Å². The summed E-state index contributed by atoms with van der Waals surface area (Å²) < 4.78 is 15.6. The topological polar surface area (TPSA) is 68.2 Å². The smallest absolute Gasteiger partial charge is 0.410 e. The van der Waals surface area contributed by atoms with Crippen molar-refractivity contribution in [3.8, 4) is 0 Å². The Labute approximate surface area is 140 Å². The van der Waals surface area contributed by atoms with Crippen molar-refractivity contribution in [1.82, 2.24) is 4.90 Å². The van der Waals surface area contributed by atoms with Crippen molar-refractivity contribution in [2.24, 2.45) is 11.8 Å². The maximum absolute atomic E-state index is 12.2. The first kappa shape index (κ1) is 20.2. The highest BCUT2D eigenvalue weighted by Gasteiger charge is 2.35. The zero-order valence-electron chi connectivity index (χ0n) is 15.2. The van der Waals surface area contributed by atoms with Crippen LogP contribution in [0.1, 0.15) is 47.0 Å². The van der Waals surface area contributed by atoms with Crippen molar-refractivity contribution in [2.75, 3.05) is 33.6 Å². The monoisotopic (exact) mass is 331 g/mol. The fourth-order valence-electron chi connectivity index (χ4n) is 2.88. The molecule has 136 valence electrons. The largest absolute Gasteiger partial charge is 0.444 e. The number of aliphatic hydroxyl groups is 1. The second-order valence-electron chi connectivity index (χ2n) is 7.38. The minimum Gasteiger partial charge on any atom is -0.444 e. The summed E-state index contributed by atoms with van der Waals surface area (Å²) in [7, 11) is 1.60. The fourth-order valence-corrected chi connectivity index (χ4v) is 2.88. The van der Waals surface area contributed by atoms with E-state index in [9.17, 15) is 9.90 Å². The van der Waals surface area contributed by atoms with Gasteiger partial charge in [-0.1, -0.05) is 6.92 Å². The second kappa shape index (κ2) is 9.45. The van der Waals surface area contributed by atoms with E-state index in [-0.39, 0.29) is 18.1 Å². The van der Waals surface area contributed by atoms with Crippen molar-refractivity contribution in [3.05, 3.63) is 0 Å². The molecule has 1 aliphatic rings. The van der Waals surface area contributed by atoms with Gasteiger partial charge in [-0.05, 0) is 46.0 Å². The summed E-state index contributed by atoms with van der Waals surface area (Å²) in [5.74, 6) is 0.403. The summed E-state index contributed by atoms with van der Waals surface area (Å²) in [4.78, 5) is 13.9. The van der Waals surface area contributed by atoms with Gasteiger partial charge in [0.25, 0.3) is 0 Å². The molecule has 0 radical (unpaired) electrons. The molecule has 0 aromatic heterocycles. The molecule has 6 nitrogen and oxygen atoms in total. The average Bonchev–Trinajstić information content (AvgIpc) is 2.45. The number of piperidine rings is 1. The molecular weight excluding hydrogens is 298 g/mol. The van der Waals surface area contributed by atoms with Crippen molar-refractivity contribution >= 4 is 6.09 Å². The Bertz CT molecular complexity index is 355. The molecule has 0 bridgehead atoms. The first-order valence-corrected chi connectivity index (χ1v) is 8.47. The zero-order valence-corrected chi connectivity index (χ0v) is 15.2. The van der Waals surface area contributed by atoms with Crippen LogP contribution in [0, 0.1) is 11.8 Å². The molecule has 3 atom stereocenters. The first-order chi connectivity index (χ1) is 10.7. The molecule has 23 heavy (non-hydrogen) atoms. The molecule has 1 rings (SSSR count). The highest BCUT2D eigenvalue weighted by molar-refractivity contribution is 5.68. The number of likely N-dealkylation sites (tertiary alicyclic amines) is 1. The van der Waals surface area contributed by atoms with E-state index >= 15 is 0 Å². The standard InChI is InChI=1S/C17H33NO5/c1-13(7-6-10-22-12-21-5)14-11-18(9-8-15(14)19)16(20)23-17(2,3)4/h13-15,19H,6-12H2,1-5H3. The highest BCUT2D eigenvalue weighted by atomic mass is 16.7. The minimum absolute atomic E-state index is 0.0821. The van der Waals surface area contributed by atoms with Gasteiger partial charge in [0.05, 0.1) is 6.10 Å². The lowest BCUT2D eigenvalue weighted by Gasteiger charge is -2.39. The Morgan fingerprint density at radius 3 is 2.70 bits per heavy atom. The van der Waals surface area contributed by atoms with Gasteiger partial charge in [-0.25, -0.2) is 4.79 Å². The molecule has 1 amide bonds. The molecule has 0 saturated carbocycles. The number of hydrogen-bond donors (Lipinski definition) is 1. The molecule has 1 aliphatic heterocycles. The number of aliphatic hydroxyl groups excluding tert-OH is 1. The van der Waals surface area contributed by atoms with E-state index in [1.165, 1.54) is 0 Å². The van der Waals surface area contributed by atoms with Crippen LogP contribution in [0.25, 0.3) is 0 Å². The van der Waals surface area contributed by atoms with Crippen LogP contribution in [0.4, 0.5) is 4.79 Å². The van der Waals surface area contributed by atoms with Crippen molar-refractivity contribution in [1.29, 1.82) is 0 Å². The van der Waals surface area contributed by atoms with E-state index in [0.717, 1.165) is 12.8 Å². The first-order valence-electron chi connectivity index (χ1n) is 8.47. The van der Waals surface area contributed by atoms with Gasteiger partial charge in [-0.3, -0.25) is 0 Å². The summed E-state index contributed by atoms with van der Waals surface area (Å²) >= 11 is 0. The Kier molecular flexibility index (Phi) is 8.29. The van der Waals surface area contributed by atoms with Crippen molar-refractivity contribution in [2.45, 2.75) is 58.7 Å². The van der Waals surface area contributed by atoms with E-state index in [1.807, 2.05) is 20.8 Å². The van der Waals surface area contributed by atoms with Crippen LogP contribution in [0.5, 0.6) is 0 Å². The highest BCUT2D eigenvalue weighted by Crippen LogP contribution is 2.28. The predicted octanol–water partition coefficient (Wildman–Crippen LogP) is 2.64. The maximum atomic E-state index is 12.2. The molecule has 1 saturated heterocycles. The normalized spacial score (nSPS) is 23.7. The Balaban J connectivity index is 2.45. The lowest BCUT2D eigenvalue weighted by Crippen LogP contribution is -2.49. The van der Waals surface area contributed by atoms with Gasteiger partial charge < -0.3 is 24.2 Å². The van der Waals surface area contributed by atoms with Crippen LogP contribution in [0.2, 0.25) is 0 Å². The number of carbonyl (C=O) groups is 1. The molecule has 0 aromatic rings. The molecule has 0 aromatic carbocycles. The summed E-state index contributed by atoms with van der Waals surface area (Å²) in [5, 5.41) is 10.3. The lowest BCUT2D eigenvalue weighted by atomic mass is 9.82. The lowest BCUT2D eigenvalue weighted by molar-refractivity contribution is -0.0376. The summed E-state index contributed by atoms with van der Waals surface area (Å²) in [6.07, 6.45) is 1.83. The number of ether oxygens (including phenoxy) is 3. The van der Waals surface area contributed by atoms with Crippen molar-refractivity contribution < 1.29 is 24.1 Å². The van der Waals surface area contributed by atoms with Gasteiger partial charge >= 0.3 is 6.09 Å². The third kappa shape index (κ3) is 7.50. The predicted molar refractivity (Wildman–Crippen MR) is 88.1 cm³/mol. The van der Waals surface area contributed by atoms with Crippen LogP contribution in [-0.4, -0.2) is 61.4 Å². The Morgan fingerprint density at radius 2 is 2.09 bits per heavy atom. The summed E-state index contributed by atoms with van der Waals surface area (Å²) in [6.45, 7) is 9.79. The van der Waals surface area contributed by atoms with E-state index < -0.39 is 5.60 Å². The summed E-state index contributed by atoms with van der Waals surface area (Å²) in [5.41, 5.74) is -0.493. The van der Waals surface area contributed by atoms with Crippen molar-refractivity contribution in [3.63, 3.8) is 0 Å². The molecule has 1 N–H and O–H groups in total. The minimum atomic E-state index is -0.493. The van der Waals surface area contributed by atoms with Gasteiger partial charge in [0.1, 0.15) is 12.4 Å². The van der Waals surface area contributed by atoms with Gasteiger partial charge in [0.2, 0.25) is 0 Å². The maximum Gasteiger partial charge on any atom is 0.410 e. The van der Waals surface area contributed by atoms with Crippen LogP contribution in [-0.2, 0) is 14.2 Å². The molecule has 0 aliphatic carbocycles. The van der Waals surface area contributed by atoms with Crippen LogP contribution in [0.15, 0.2) is 0 Å². The Morgan fingerprint density at radius 1 is 1.39 bits per heavy atom. The van der Waals surface area contributed by atoms with Crippen LogP contribution >= 0.6 is 0 Å². The average molecular weight is 331 g/mol. The van der Waals surface area contributed by atoms with Crippen LogP contribution < -0.4 is 0 Å². The number of nitrogens with zero attached hydrogens (tertiary/aromatic N) is 1. The SMILES string of the molecule is COCOCCCC(C)C1CN(C(=O)OC(C)(C)C)CCC1O. The molecular formula is C17H33NO5. The number of amides is 1. The molecule has 1 fully saturated rings. The number of hydrogen-bond acceptors (Lipinski definition) is 5. The number of methoxy groups -OCH3 is 1. The fraction of sp³-hybridized carbons (Fsp3) is 0.941. The van der Waals surface area contributed by atoms with Crippen LogP contribution in [0.3, 0.4) is 0 Å².